The summed E-state index contributed by atoms with van der Waals surface area (Å²) in [5, 5.41) is 0. The summed E-state index contributed by atoms with van der Waals surface area (Å²) in [6.45, 7) is 3.31. The van der Waals surface area contributed by atoms with Crippen LogP contribution in [0.5, 0.6) is 0 Å². The summed E-state index contributed by atoms with van der Waals surface area (Å²) in [4.78, 5) is 51.9. The van der Waals surface area contributed by atoms with Crippen LogP contribution in [-0.2, 0) is 24.2 Å². The van der Waals surface area contributed by atoms with Crippen molar-refractivity contribution in [2.75, 3.05) is 24.6 Å². The van der Waals surface area contributed by atoms with Gasteiger partial charge in [0.05, 0.1) is 29.1 Å². The van der Waals surface area contributed by atoms with Gasteiger partial charge in [-0.1, -0.05) is 12.1 Å². The normalized spacial score (nSPS) is 20.7. The molecule has 3 amide bonds. The number of likely N-dealkylation sites (N-methyl/N-ethyl adjacent to an activating group) is 1. The summed E-state index contributed by atoms with van der Waals surface area (Å²) in [6, 6.07) is 6.00. The van der Waals surface area contributed by atoms with E-state index in [-0.39, 0.29) is 24.5 Å². The molecule has 0 radical (unpaired) electrons. The Bertz CT molecular complexity index is 954. The molecule has 2 aliphatic heterocycles. The van der Waals surface area contributed by atoms with Crippen molar-refractivity contribution < 1.29 is 32.3 Å². The molecule has 2 atom stereocenters. The van der Waals surface area contributed by atoms with Gasteiger partial charge in [0.15, 0.2) is 15.9 Å². The smallest absolute Gasteiger partial charge is 0.308 e. The third-order valence-electron chi connectivity index (χ3n) is 5.35. The van der Waals surface area contributed by atoms with E-state index in [0.717, 1.165) is 4.90 Å². The molecule has 162 valence electrons. The number of carbonyl (C=O) groups excluding carboxylic acids is 4. The van der Waals surface area contributed by atoms with Gasteiger partial charge in [-0.25, -0.2) is 8.42 Å². The number of hydrogen-bond acceptors (Lipinski definition) is 7. The number of carbonyl (C=O) groups is 4. The molecule has 0 spiro atoms. The van der Waals surface area contributed by atoms with Gasteiger partial charge < -0.3 is 9.64 Å². The number of fused-ring (bicyclic) bond motifs is 1. The van der Waals surface area contributed by atoms with E-state index in [1.165, 1.54) is 11.8 Å². The molecule has 0 bridgehead atoms. The van der Waals surface area contributed by atoms with Crippen LogP contribution in [0, 0.1) is 0 Å². The van der Waals surface area contributed by atoms with Crippen LogP contribution in [0.1, 0.15) is 47.4 Å². The maximum absolute atomic E-state index is 12.7. The summed E-state index contributed by atoms with van der Waals surface area (Å²) in [5.74, 6) is -2.17. The Hall–Kier alpha value is -2.75. The molecule has 2 aliphatic rings. The fourth-order valence-electron chi connectivity index (χ4n) is 3.80. The van der Waals surface area contributed by atoms with Crippen molar-refractivity contribution in [1.82, 2.24) is 9.80 Å². The number of imide groups is 1. The third kappa shape index (κ3) is 4.38. The topological polar surface area (TPSA) is 118 Å². The molecule has 2 heterocycles. The lowest BCUT2D eigenvalue weighted by molar-refractivity contribution is -0.160. The Morgan fingerprint density at radius 1 is 1.20 bits per heavy atom. The van der Waals surface area contributed by atoms with E-state index >= 15 is 0 Å². The molecule has 0 aliphatic carbocycles. The molecule has 0 unspecified atom stereocenters. The number of ether oxygens (including phenoxy) is 1. The average molecular weight is 436 g/mol. The monoisotopic (exact) mass is 436 g/mol. The number of nitrogens with zero attached hydrogens (tertiary/aromatic N) is 2. The predicted octanol–water partition coefficient (Wildman–Crippen LogP) is 0.640. The molecule has 30 heavy (non-hydrogen) atoms. The highest BCUT2D eigenvalue weighted by molar-refractivity contribution is 7.91. The molecule has 1 aromatic carbocycles. The van der Waals surface area contributed by atoms with Crippen LogP contribution < -0.4 is 0 Å². The fourth-order valence-corrected chi connectivity index (χ4v) is 5.53. The molecule has 3 rings (SSSR count). The molecular weight excluding hydrogens is 412 g/mol. The number of hydrogen-bond donors (Lipinski definition) is 0. The maximum atomic E-state index is 12.7. The number of esters is 1. The lowest BCUT2D eigenvalue weighted by Crippen LogP contribution is -2.46. The highest BCUT2D eigenvalue weighted by Crippen LogP contribution is 2.23. The van der Waals surface area contributed by atoms with E-state index in [2.05, 4.69) is 0 Å². The van der Waals surface area contributed by atoms with Crippen LogP contribution in [0.2, 0.25) is 0 Å². The van der Waals surface area contributed by atoms with Crippen molar-refractivity contribution in [3.63, 3.8) is 0 Å². The molecular formula is C20H24N2O7S. The first-order valence-electron chi connectivity index (χ1n) is 9.80. The quantitative estimate of drug-likeness (QED) is 0.455. The van der Waals surface area contributed by atoms with Crippen LogP contribution in [0.25, 0.3) is 0 Å². The zero-order valence-electron chi connectivity index (χ0n) is 16.9. The van der Waals surface area contributed by atoms with Crippen molar-refractivity contribution in [3.05, 3.63) is 35.4 Å². The van der Waals surface area contributed by atoms with Gasteiger partial charge >= 0.3 is 5.97 Å². The summed E-state index contributed by atoms with van der Waals surface area (Å²) in [5.41, 5.74) is 0.592. The molecule has 1 saturated heterocycles. The predicted molar refractivity (Wildman–Crippen MR) is 106 cm³/mol. The van der Waals surface area contributed by atoms with E-state index in [1.807, 2.05) is 0 Å². The number of amides is 3. The number of rotatable bonds is 7. The lowest BCUT2D eigenvalue weighted by Gasteiger charge is -2.29. The summed E-state index contributed by atoms with van der Waals surface area (Å²) >= 11 is 0. The minimum atomic E-state index is -3.16. The Kier molecular flexibility index (Phi) is 6.25. The van der Waals surface area contributed by atoms with Crippen LogP contribution in [0.3, 0.4) is 0 Å². The highest BCUT2D eigenvalue weighted by atomic mass is 32.2. The summed E-state index contributed by atoms with van der Waals surface area (Å²) in [7, 11) is -3.16. The van der Waals surface area contributed by atoms with Crippen LogP contribution in [0.4, 0.5) is 0 Å². The third-order valence-corrected chi connectivity index (χ3v) is 7.10. The average Bonchev–Trinajstić information content (AvgIpc) is 3.18. The van der Waals surface area contributed by atoms with Gasteiger partial charge in [0.1, 0.15) is 0 Å². The minimum Gasteiger partial charge on any atom is -0.452 e. The van der Waals surface area contributed by atoms with Gasteiger partial charge in [-0.2, -0.15) is 0 Å². The van der Waals surface area contributed by atoms with Gasteiger partial charge in [0.2, 0.25) is 0 Å². The van der Waals surface area contributed by atoms with E-state index in [1.54, 1.807) is 31.2 Å². The minimum absolute atomic E-state index is 0.0376. The second kappa shape index (κ2) is 8.55. The molecule has 0 aromatic heterocycles. The van der Waals surface area contributed by atoms with E-state index in [4.69, 9.17) is 4.74 Å². The van der Waals surface area contributed by atoms with Gasteiger partial charge in [-0.15, -0.1) is 0 Å². The van der Waals surface area contributed by atoms with Crippen LogP contribution in [-0.4, -0.2) is 78.6 Å². The van der Waals surface area contributed by atoms with Crippen LogP contribution >= 0.6 is 0 Å². The van der Waals surface area contributed by atoms with Gasteiger partial charge in [0.25, 0.3) is 17.7 Å². The zero-order valence-corrected chi connectivity index (χ0v) is 17.7. The van der Waals surface area contributed by atoms with E-state index < -0.39 is 45.7 Å². The van der Waals surface area contributed by atoms with Crippen molar-refractivity contribution in [1.29, 1.82) is 0 Å². The molecule has 10 heteroatoms. The Morgan fingerprint density at radius 3 is 2.30 bits per heavy atom. The number of sulfone groups is 1. The van der Waals surface area contributed by atoms with Gasteiger partial charge in [-0.05, 0) is 32.4 Å². The standard InChI is InChI=1S/C20H24N2O7S/c1-3-21(14-9-11-30(27,28)12-14)18(24)13(2)29-17(23)8-10-22-19(25)15-6-4-5-7-16(15)20(22)26/h4-7,13-14H,3,8-12H2,1-2H3/t13-,14+/m1/s1. The highest BCUT2D eigenvalue weighted by Gasteiger charge is 2.37. The van der Waals surface area contributed by atoms with Crippen LogP contribution in [0.15, 0.2) is 24.3 Å². The Labute approximate surface area is 174 Å². The van der Waals surface area contributed by atoms with Crippen molar-refractivity contribution in [3.8, 4) is 0 Å². The second-order valence-electron chi connectivity index (χ2n) is 7.37. The molecule has 9 nitrogen and oxygen atoms in total. The number of benzene rings is 1. The SMILES string of the molecule is CCN(C(=O)[C@@H](C)OC(=O)CCN1C(=O)c2ccccc2C1=O)[C@H]1CCS(=O)(=O)C1. The summed E-state index contributed by atoms with van der Waals surface area (Å²) < 4.78 is 28.6. The largest absolute Gasteiger partial charge is 0.452 e. The molecule has 0 N–H and O–H groups in total. The Balaban J connectivity index is 1.54. The zero-order chi connectivity index (χ0) is 22.1. The second-order valence-corrected chi connectivity index (χ2v) is 9.60. The van der Waals surface area contributed by atoms with E-state index in [0.29, 0.717) is 24.1 Å². The van der Waals surface area contributed by atoms with Gasteiger partial charge in [0, 0.05) is 19.1 Å². The lowest BCUT2D eigenvalue weighted by atomic mass is 10.1. The molecule has 1 aromatic rings. The van der Waals surface area contributed by atoms with Crippen molar-refractivity contribution >= 4 is 33.5 Å². The molecule has 0 saturated carbocycles. The molecule has 1 fully saturated rings. The summed E-state index contributed by atoms with van der Waals surface area (Å²) in [6.07, 6.45) is -0.974. The first-order chi connectivity index (χ1) is 14.1. The first kappa shape index (κ1) is 21.9. The maximum Gasteiger partial charge on any atom is 0.308 e. The van der Waals surface area contributed by atoms with Gasteiger partial charge in [-0.3, -0.25) is 24.1 Å². The Morgan fingerprint density at radius 2 is 1.80 bits per heavy atom. The van der Waals surface area contributed by atoms with Crippen molar-refractivity contribution in [2.45, 2.75) is 38.8 Å². The fraction of sp³-hybridized carbons (Fsp3) is 0.500. The first-order valence-corrected chi connectivity index (χ1v) is 11.6. The van der Waals surface area contributed by atoms with Crippen molar-refractivity contribution in [2.24, 2.45) is 0 Å². The van der Waals surface area contributed by atoms with E-state index in [9.17, 15) is 27.6 Å².